The van der Waals surface area contributed by atoms with Gasteiger partial charge in [0.2, 0.25) is 10.0 Å². The Bertz CT molecular complexity index is 1250. The monoisotopic (exact) mass is 486 g/mol. The van der Waals surface area contributed by atoms with Gasteiger partial charge in [-0.15, -0.1) is 0 Å². The number of nitrogens with one attached hydrogen (secondary N) is 1. The Morgan fingerprint density at radius 2 is 1.67 bits per heavy atom. The van der Waals surface area contributed by atoms with E-state index in [0.29, 0.717) is 16.1 Å². The maximum absolute atomic E-state index is 13.1. The number of nitrogens with zero attached hydrogens (tertiary/aromatic N) is 3. The van der Waals surface area contributed by atoms with E-state index in [0.717, 1.165) is 4.31 Å². The van der Waals surface area contributed by atoms with Crippen molar-refractivity contribution in [3.8, 4) is 0 Å². The van der Waals surface area contributed by atoms with E-state index >= 15 is 0 Å². The molecule has 3 aromatic rings. The average molecular weight is 487 g/mol. The van der Waals surface area contributed by atoms with Gasteiger partial charge in [0.15, 0.2) is 0 Å². The topological polar surface area (TPSA) is 122 Å². The lowest BCUT2D eigenvalue weighted by Gasteiger charge is -2.21. The van der Waals surface area contributed by atoms with E-state index in [1.54, 1.807) is 42.5 Å². The van der Waals surface area contributed by atoms with Crippen molar-refractivity contribution >= 4 is 39.4 Å². The second kappa shape index (κ2) is 10.8. The summed E-state index contributed by atoms with van der Waals surface area (Å²) in [5, 5.41) is 15.0. The molecule has 1 amide bonds. The van der Waals surface area contributed by atoms with E-state index in [4.69, 9.17) is 11.6 Å². The van der Waals surface area contributed by atoms with E-state index < -0.39 is 27.4 Å². The molecule has 0 atom stereocenters. The maximum atomic E-state index is 13.1. The molecule has 0 bridgehead atoms. The lowest BCUT2D eigenvalue weighted by atomic mass is 10.2. The van der Waals surface area contributed by atoms with Gasteiger partial charge >= 0.3 is 0 Å². The van der Waals surface area contributed by atoms with Crippen LogP contribution in [0.4, 0.5) is 5.69 Å². The zero-order chi connectivity index (χ0) is 23.8. The molecule has 11 heteroatoms. The highest BCUT2D eigenvalue weighted by atomic mass is 35.5. The summed E-state index contributed by atoms with van der Waals surface area (Å²) < 4.78 is 27.3. The SMILES string of the molecule is O=C(CN(Cc1ccc(Cl)cc1)S(=O)(=O)c1ccccc1)N/N=C\c1ccc([N+](=O)[O-])cc1. The predicted octanol–water partition coefficient (Wildman–Crippen LogP) is 3.59. The van der Waals surface area contributed by atoms with Crippen molar-refractivity contribution in [3.05, 3.63) is 105 Å². The number of hydrazone groups is 1. The zero-order valence-corrected chi connectivity index (χ0v) is 18.7. The van der Waals surface area contributed by atoms with Gasteiger partial charge in [0.05, 0.1) is 22.6 Å². The Morgan fingerprint density at radius 3 is 2.27 bits per heavy atom. The van der Waals surface area contributed by atoms with Crippen LogP contribution in [0.3, 0.4) is 0 Å². The number of non-ortho nitro benzene ring substituents is 1. The third kappa shape index (κ3) is 6.69. The molecule has 0 aliphatic heterocycles. The van der Waals surface area contributed by atoms with Gasteiger partial charge in [-0.05, 0) is 47.5 Å². The van der Waals surface area contributed by atoms with Gasteiger partial charge in [-0.25, -0.2) is 13.8 Å². The Morgan fingerprint density at radius 1 is 1.03 bits per heavy atom. The van der Waals surface area contributed by atoms with Crippen LogP contribution in [-0.4, -0.2) is 36.3 Å². The van der Waals surface area contributed by atoms with Crippen molar-refractivity contribution in [3.63, 3.8) is 0 Å². The Kier molecular flexibility index (Phi) is 7.88. The summed E-state index contributed by atoms with van der Waals surface area (Å²) in [7, 11) is -3.97. The van der Waals surface area contributed by atoms with Gasteiger partial charge in [0.25, 0.3) is 11.6 Å². The number of amides is 1. The molecule has 0 heterocycles. The number of halogens is 1. The van der Waals surface area contributed by atoms with Crippen molar-refractivity contribution in [2.24, 2.45) is 5.10 Å². The van der Waals surface area contributed by atoms with E-state index in [1.165, 1.54) is 42.6 Å². The van der Waals surface area contributed by atoms with Crippen LogP contribution in [0.25, 0.3) is 0 Å². The lowest BCUT2D eigenvalue weighted by molar-refractivity contribution is -0.384. The number of nitro groups is 1. The highest BCUT2D eigenvalue weighted by molar-refractivity contribution is 7.89. The molecule has 0 aromatic heterocycles. The van der Waals surface area contributed by atoms with E-state index in [-0.39, 0.29) is 17.1 Å². The van der Waals surface area contributed by atoms with Crippen molar-refractivity contribution in [1.82, 2.24) is 9.73 Å². The molecular formula is C22H19ClN4O5S. The fourth-order valence-electron chi connectivity index (χ4n) is 2.82. The molecule has 1 N–H and O–H groups in total. The minimum Gasteiger partial charge on any atom is -0.272 e. The molecule has 0 saturated carbocycles. The number of nitro benzene ring substituents is 1. The van der Waals surface area contributed by atoms with Gasteiger partial charge < -0.3 is 0 Å². The first kappa shape index (κ1) is 24.1. The summed E-state index contributed by atoms with van der Waals surface area (Å²) >= 11 is 5.91. The van der Waals surface area contributed by atoms with Gasteiger partial charge in [0, 0.05) is 23.7 Å². The smallest absolute Gasteiger partial charge is 0.269 e. The van der Waals surface area contributed by atoms with Gasteiger partial charge in [0.1, 0.15) is 0 Å². The third-order valence-corrected chi connectivity index (χ3v) is 6.54. The average Bonchev–Trinajstić information content (AvgIpc) is 2.81. The molecule has 0 spiro atoms. The molecule has 33 heavy (non-hydrogen) atoms. The molecule has 9 nitrogen and oxygen atoms in total. The minimum absolute atomic E-state index is 0.0477. The first-order valence-electron chi connectivity index (χ1n) is 9.62. The molecule has 3 rings (SSSR count). The van der Waals surface area contributed by atoms with Crippen LogP contribution in [0.1, 0.15) is 11.1 Å². The summed E-state index contributed by atoms with van der Waals surface area (Å²) in [6, 6.07) is 20.0. The number of benzene rings is 3. The van der Waals surface area contributed by atoms with Crippen LogP contribution in [0.2, 0.25) is 5.02 Å². The van der Waals surface area contributed by atoms with Crippen molar-refractivity contribution in [2.45, 2.75) is 11.4 Å². The second-order valence-corrected chi connectivity index (χ2v) is 9.23. The quantitative estimate of drug-likeness (QED) is 0.281. The summed E-state index contributed by atoms with van der Waals surface area (Å²) in [6.07, 6.45) is 1.30. The summed E-state index contributed by atoms with van der Waals surface area (Å²) in [5.74, 6) is -0.651. The number of hydrogen-bond acceptors (Lipinski definition) is 6. The predicted molar refractivity (Wildman–Crippen MR) is 124 cm³/mol. The molecule has 0 saturated heterocycles. The van der Waals surface area contributed by atoms with Crippen molar-refractivity contribution < 1.29 is 18.1 Å². The van der Waals surface area contributed by atoms with Gasteiger partial charge in [-0.1, -0.05) is 41.9 Å². The Hall–Kier alpha value is -3.60. The van der Waals surface area contributed by atoms with Gasteiger partial charge in [-0.2, -0.15) is 9.41 Å². The lowest BCUT2D eigenvalue weighted by Crippen LogP contribution is -2.39. The van der Waals surface area contributed by atoms with E-state index in [9.17, 15) is 23.3 Å². The highest BCUT2D eigenvalue weighted by Crippen LogP contribution is 2.19. The van der Waals surface area contributed by atoms with Crippen LogP contribution < -0.4 is 5.43 Å². The normalized spacial score (nSPS) is 11.6. The molecule has 3 aromatic carbocycles. The number of carbonyl (C=O) groups is 1. The molecule has 0 unspecified atom stereocenters. The van der Waals surface area contributed by atoms with Crippen LogP contribution in [0.5, 0.6) is 0 Å². The molecule has 0 fully saturated rings. The Labute approximate surface area is 195 Å². The van der Waals surface area contributed by atoms with Crippen LogP contribution in [0.15, 0.2) is 88.9 Å². The van der Waals surface area contributed by atoms with Gasteiger partial charge in [-0.3, -0.25) is 14.9 Å². The summed E-state index contributed by atoms with van der Waals surface area (Å²) in [6.45, 7) is -0.522. The molecular weight excluding hydrogens is 468 g/mol. The minimum atomic E-state index is -3.97. The van der Waals surface area contributed by atoms with Crippen molar-refractivity contribution in [1.29, 1.82) is 0 Å². The molecule has 0 aliphatic rings. The summed E-state index contributed by atoms with van der Waals surface area (Å²) in [4.78, 5) is 22.7. The Balaban J connectivity index is 1.74. The standard InChI is InChI=1S/C22H19ClN4O5S/c23-19-10-6-18(7-11-19)15-26(33(31,32)21-4-2-1-3-5-21)16-22(28)25-24-14-17-8-12-20(13-9-17)27(29)30/h1-14H,15-16H2,(H,25,28)/b24-14-. The molecule has 0 aliphatic carbocycles. The second-order valence-electron chi connectivity index (χ2n) is 6.85. The molecule has 170 valence electrons. The van der Waals surface area contributed by atoms with Crippen LogP contribution in [0, 0.1) is 10.1 Å². The summed E-state index contributed by atoms with van der Waals surface area (Å²) in [5.41, 5.74) is 3.40. The molecule has 0 radical (unpaired) electrons. The highest BCUT2D eigenvalue weighted by Gasteiger charge is 2.26. The van der Waals surface area contributed by atoms with Crippen LogP contribution in [-0.2, 0) is 21.4 Å². The third-order valence-electron chi connectivity index (χ3n) is 4.48. The van der Waals surface area contributed by atoms with Crippen molar-refractivity contribution in [2.75, 3.05) is 6.54 Å². The first-order valence-corrected chi connectivity index (χ1v) is 11.4. The van der Waals surface area contributed by atoms with E-state index in [2.05, 4.69) is 10.5 Å². The maximum Gasteiger partial charge on any atom is 0.269 e. The first-order chi connectivity index (χ1) is 15.8. The number of hydrogen-bond donors (Lipinski definition) is 1. The fourth-order valence-corrected chi connectivity index (χ4v) is 4.35. The van der Waals surface area contributed by atoms with Crippen LogP contribution >= 0.6 is 11.6 Å². The number of rotatable bonds is 9. The number of sulfonamides is 1. The largest absolute Gasteiger partial charge is 0.272 e. The fraction of sp³-hybridized carbons (Fsp3) is 0.0909. The zero-order valence-electron chi connectivity index (χ0n) is 17.2. The van der Waals surface area contributed by atoms with E-state index in [1.807, 2.05) is 0 Å². The number of carbonyl (C=O) groups excluding carboxylic acids is 1.